The summed E-state index contributed by atoms with van der Waals surface area (Å²) in [6.45, 7) is 0. The molecule has 0 radical (unpaired) electrons. The fourth-order valence-corrected chi connectivity index (χ4v) is 2.31. The topological polar surface area (TPSA) is 59.4 Å². The summed E-state index contributed by atoms with van der Waals surface area (Å²) in [4.78, 5) is 15.1. The molecule has 1 heterocycles. The van der Waals surface area contributed by atoms with Gasteiger partial charge in [-0.1, -0.05) is 12.1 Å². The molecular formula is C19H12F3NO3. The number of carboxylic acids is 1. The molecule has 0 amide bonds. The van der Waals surface area contributed by atoms with Gasteiger partial charge in [-0.3, -0.25) is 0 Å². The molecule has 3 rings (SSSR count). The first-order valence-corrected chi connectivity index (χ1v) is 7.48. The predicted molar refractivity (Wildman–Crippen MR) is 88.2 cm³/mol. The van der Waals surface area contributed by atoms with Gasteiger partial charge in [0.15, 0.2) is 0 Å². The van der Waals surface area contributed by atoms with Crippen molar-refractivity contribution < 1.29 is 27.8 Å². The molecule has 0 unspecified atom stereocenters. The van der Waals surface area contributed by atoms with Gasteiger partial charge in [-0.2, -0.15) is 13.2 Å². The molecule has 0 aliphatic heterocycles. The Bertz CT molecular complexity index is 920. The molecule has 0 aliphatic rings. The van der Waals surface area contributed by atoms with Crippen LogP contribution in [0.15, 0.2) is 66.9 Å². The Morgan fingerprint density at radius 2 is 1.62 bits per heavy atom. The number of pyridine rings is 1. The quantitative estimate of drug-likeness (QED) is 0.690. The van der Waals surface area contributed by atoms with Crippen LogP contribution in [0, 0.1) is 0 Å². The molecule has 0 atom stereocenters. The number of nitrogens with zero attached hydrogens (tertiary/aromatic N) is 1. The van der Waals surface area contributed by atoms with Crippen LogP contribution in [0.5, 0.6) is 11.6 Å². The van der Waals surface area contributed by atoms with E-state index in [0.717, 1.165) is 12.1 Å². The second-order valence-corrected chi connectivity index (χ2v) is 5.36. The van der Waals surface area contributed by atoms with Gasteiger partial charge in [0.25, 0.3) is 0 Å². The Labute approximate surface area is 146 Å². The molecule has 7 heteroatoms. The number of benzene rings is 2. The molecule has 0 saturated carbocycles. The lowest BCUT2D eigenvalue weighted by Gasteiger charge is -2.11. The number of hydrogen-bond acceptors (Lipinski definition) is 3. The van der Waals surface area contributed by atoms with Crippen molar-refractivity contribution in [3.63, 3.8) is 0 Å². The summed E-state index contributed by atoms with van der Waals surface area (Å²) in [5.74, 6) is -0.626. The van der Waals surface area contributed by atoms with E-state index in [-0.39, 0.29) is 17.2 Å². The van der Waals surface area contributed by atoms with Gasteiger partial charge >= 0.3 is 12.1 Å². The summed E-state index contributed by atoms with van der Waals surface area (Å²) in [5, 5.41) is 8.96. The van der Waals surface area contributed by atoms with Crippen molar-refractivity contribution in [2.75, 3.05) is 0 Å². The zero-order valence-corrected chi connectivity index (χ0v) is 13.2. The van der Waals surface area contributed by atoms with Gasteiger partial charge in [0.05, 0.1) is 11.1 Å². The minimum Gasteiger partial charge on any atom is -0.478 e. The Morgan fingerprint density at radius 1 is 0.962 bits per heavy atom. The molecule has 132 valence electrons. The average molecular weight is 359 g/mol. The highest BCUT2D eigenvalue weighted by atomic mass is 19.4. The highest BCUT2D eigenvalue weighted by Crippen LogP contribution is 2.34. The molecule has 0 bridgehead atoms. The number of aromatic nitrogens is 1. The Morgan fingerprint density at radius 3 is 2.19 bits per heavy atom. The lowest BCUT2D eigenvalue weighted by Crippen LogP contribution is -2.04. The maximum Gasteiger partial charge on any atom is 0.416 e. The van der Waals surface area contributed by atoms with Gasteiger partial charge in [0.2, 0.25) is 5.88 Å². The van der Waals surface area contributed by atoms with Crippen LogP contribution in [0.3, 0.4) is 0 Å². The van der Waals surface area contributed by atoms with Crippen molar-refractivity contribution in [1.82, 2.24) is 4.98 Å². The van der Waals surface area contributed by atoms with Gasteiger partial charge in [0, 0.05) is 11.8 Å². The number of ether oxygens (including phenoxy) is 1. The lowest BCUT2D eigenvalue weighted by molar-refractivity contribution is -0.137. The number of halogens is 3. The van der Waals surface area contributed by atoms with Gasteiger partial charge < -0.3 is 9.84 Å². The van der Waals surface area contributed by atoms with Crippen LogP contribution in [-0.4, -0.2) is 16.1 Å². The molecule has 0 spiro atoms. The van der Waals surface area contributed by atoms with Crippen molar-refractivity contribution in [2.45, 2.75) is 6.18 Å². The van der Waals surface area contributed by atoms with Crippen LogP contribution >= 0.6 is 0 Å². The fraction of sp³-hybridized carbons (Fsp3) is 0.0526. The van der Waals surface area contributed by atoms with E-state index in [2.05, 4.69) is 4.98 Å². The fourth-order valence-electron chi connectivity index (χ4n) is 2.31. The molecule has 2 aromatic carbocycles. The molecule has 3 aromatic rings. The molecule has 1 N–H and O–H groups in total. The number of carbonyl (C=O) groups is 1. The van der Waals surface area contributed by atoms with Crippen LogP contribution in [0.25, 0.3) is 11.1 Å². The number of alkyl halides is 3. The van der Waals surface area contributed by atoms with E-state index in [1.165, 1.54) is 30.5 Å². The van der Waals surface area contributed by atoms with E-state index >= 15 is 0 Å². The summed E-state index contributed by atoms with van der Waals surface area (Å²) >= 11 is 0. The van der Waals surface area contributed by atoms with Crippen LogP contribution in [0.4, 0.5) is 13.2 Å². The Balaban J connectivity index is 1.89. The van der Waals surface area contributed by atoms with E-state index in [0.29, 0.717) is 11.1 Å². The minimum absolute atomic E-state index is 0.142. The van der Waals surface area contributed by atoms with Crippen LogP contribution < -0.4 is 4.74 Å². The Kier molecular flexibility index (Phi) is 4.62. The molecule has 1 aromatic heterocycles. The van der Waals surface area contributed by atoms with Crippen molar-refractivity contribution in [2.24, 2.45) is 0 Å². The lowest BCUT2D eigenvalue weighted by atomic mass is 10.1. The largest absolute Gasteiger partial charge is 0.478 e. The van der Waals surface area contributed by atoms with Crippen LogP contribution in [-0.2, 0) is 6.18 Å². The summed E-state index contributed by atoms with van der Waals surface area (Å²) in [6, 6.07) is 13.8. The second-order valence-electron chi connectivity index (χ2n) is 5.36. The third-order valence-corrected chi connectivity index (χ3v) is 3.61. The maximum atomic E-state index is 12.6. The van der Waals surface area contributed by atoms with Crippen LogP contribution in [0.1, 0.15) is 15.9 Å². The smallest absolute Gasteiger partial charge is 0.416 e. The monoisotopic (exact) mass is 359 g/mol. The normalized spacial score (nSPS) is 11.2. The number of carboxylic acid groups (broad SMARTS) is 1. The molecule has 26 heavy (non-hydrogen) atoms. The van der Waals surface area contributed by atoms with Gasteiger partial charge in [-0.25, -0.2) is 9.78 Å². The van der Waals surface area contributed by atoms with E-state index in [1.54, 1.807) is 24.3 Å². The zero-order valence-electron chi connectivity index (χ0n) is 13.2. The Hall–Kier alpha value is -3.35. The number of rotatable bonds is 4. The summed E-state index contributed by atoms with van der Waals surface area (Å²) in [5.41, 5.74) is 0.632. The molecule has 0 saturated heterocycles. The zero-order chi connectivity index (χ0) is 18.7. The summed E-state index contributed by atoms with van der Waals surface area (Å²) in [7, 11) is 0. The van der Waals surface area contributed by atoms with E-state index in [9.17, 15) is 18.0 Å². The molecule has 0 fully saturated rings. The van der Waals surface area contributed by atoms with Gasteiger partial charge in [0.1, 0.15) is 5.75 Å². The summed E-state index contributed by atoms with van der Waals surface area (Å²) in [6.07, 6.45) is -2.92. The van der Waals surface area contributed by atoms with Crippen molar-refractivity contribution in [3.05, 3.63) is 78.0 Å². The van der Waals surface area contributed by atoms with Crippen molar-refractivity contribution in [3.8, 4) is 22.8 Å². The first kappa shape index (κ1) is 17.5. The molecule has 0 aliphatic carbocycles. The van der Waals surface area contributed by atoms with Crippen molar-refractivity contribution in [1.29, 1.82) is 0 Å². The first-order chi connectivity index (χ1) is 12.3. The van der Waals surface area contributed by atoms with Gasteiger partial charge in [-0.15, -0.1) is 0 Å². The van der Waals surface area contributed by atoms with Crippen LogP contribution in [0.2, 0.25) is 0 Å². The predicted octanol–water partition coefficient (Wildman–Crippen LogP) is 5.26. The van der Waals surface area contributed by atoms with Gasteiger partial charge in [-0.05, 0) is 54.1 Å². The van der Waals surface area contributed by atoms with Crippen molar-refractivity contribution >= 4 is 5.97 Å². The third-order valence-electron chi connectivity index (χ3n) is 3.61. The first-order valence-electron chi connectivity index (χ1n) is 7.48. The average Bonchev–Trinajstić information content (AvgIpc) is 2.62. The van der Waals surface area contributed by atoms with E-state index in [4.69, 9.17) is 9.84 Å². The standard InChI is InChI=1S/C19H12F3NO3/c20-19(21,22)14-7-9-15(10-8-14)26-17-16(2-1-11-23-17)12-3-5-13(6-4-12)18(24)25/h1-11H,(H,24,25). The SMILES string of the molecule is O=C(O)c1ccc(-c2cccnc2Oc2ccc(C(F)(F)F)cc2)cc1. The number of aromatic carboxylic acids is 1. The van der Waals surface area contributed by atoms with E-state index in [1.807, 2.05) is 0 Å². The third kappa shape index (κ3) is 3.83. The highest BCUT2D eigenvalue weighted by molar-refractivity contribution is 5.88. The maximum absolute atomic E-state index is 12.6. The van der Waals surface area contributed by atoms with E-state index < -0.39 is 17.7 Å². The summed E-state index contributed by atoms with van der Waals surface area (Å²) < 4.78 is 43.5. The molecule has 4 nitrogen and oxygen atoms in total. The molecular weight excluding hydrogens is 347 g/mol. The second kappa shape index (κ2) is 6.87. The number of hydrogen-bond donors (Lipinski definition) is 1. The highest BCUT2D eigenvalue weighted by Gasteiger charge is 2.30. The minimum atomic E-state index is -4.42.